The highest BCUT2D eigenvalue weighted by atomic mass is 16.6. The third kappa shape index (κ3) is 3.36. The van der Waals surface area contributed by atoms with Crippen LogP contribution in [0.2, 0.25) is 0 Å². The van der Waals surface area contributed by atoms with Gasteiger partial charge in [-0.2, -0.15) is 0 Å². The van der Waals surface area contributed by atoms with E-state index in [1.165, 1.54) is 6.07 Å². The summed E-state index contributed by atoms with van der Waals surface area (Å²) in [6.45, 7) is 1.91. The summed E-state index contributed by atoms with van der Waals surface area (Å²) in [5.41, 5.74) is 8.06. The molecule has 0 fully saturated rings. The molecule has 2 aromatic rings. The number of nitrogens with zero attached hydrogens (tertiary/aromatic N) is 1. The van der Waals surface area contributed by atoms with Gasteiger partial charge in [0.15, 0.2) is 0 Å². The van der Waals surface area contributed by atoms with Gasteiger partial charge in [-0.05, 0) is 30.7 Å². The van der Waals surface area contributed by atoms with Crippen LogP contribution in [0.15, 0.2) is 42.5 Å². The number of nitro benzene ring substituents is 1. The lowest BCUT2D eigenvalue weighted by Gasteiger charge is -2.07. The smallest absolute Gasteiger partial charge is 0.274 e. The topological polar surface area (TPSA) is 98.3 Å². The van der Waals surface area contributed by atoms with Crippen LogP contribution in [0, 0.1) is 17.0 Å². The normalized spacial score (nSPS) is 10.1. The number of rotatable bonds is 4. The Morgan fingerprint density at radius 2 is 2.00 bits per heavy atom. The number of nitrogens with one attached hydrogen (secondary N) is 1. The maximum Gasteiger partial charge on any atom is 0.274 e. The quantitative estimate of drug-likeness (QED) is 0.512. The van der Waals surface area contributed by atoms with Crippen molar-refractivity contribution in [3.8, 4) is 0 Å². The summed E-state index contributed by atoms with van der Waals surface area (Å²) in [6.07, 6.45) is 0. The van der Waals surface area contributed by atoms with Crippen molar-refractivity contribution in [3.05, 3.63) is 69.3 Å². The molecule has 3 N–H and O–H groups in total. The van der Waals surface area contributed by atoms with Gasteiger partial charge >= 0.3 is 0 Å². The van der Waals surface area contributed by atoms with Crippen LogP contribution in [-0.4, -0.2) is 10.8 Å². The van der Waals surface area contributed by atoms with E-state index in [1.807, 2.05) is 6.92 Å². The first kappa shape index (κ1) is 14.5. The SMILES string of the molecule is Cc1cc(C(=O)NCc2ccccc2[N+](=O)[O-])ccc1N. The van der Waals surface area contributed by atoms with Crippen molar-refractivity contribution in [3.63, 3.8) is 0 Å². The lowest BCUT2D eigenvalue weighted by molar-refractivity contribution is -0.385. The number of hydrogen-bond donors (Lipinski definition) is 2. The molecule has 1 amide bonds. The Bertz CT molecular complexity index is 698. The number of carbonyl (C=O) groups excluding carboxylic acids is 1. The van der Waals surface area contributed by atoms with E-state index in [1.54, 1.807) is 36.4 Å². The summed E-state index contributed by atoms with van der Waals surface area (Å²) in [7, 11) is 0. The van der Waals surface area contributed by atoms with Crippen molar-refractivity contribution in [2.75, 3.05) is 5.73 Å². The molecule has 0 spiro atoms. The Hall–Kier alpha value is -2.89. The molecule has 0 aliphatic rings. The van der Waals surface area contributed by atoms with E-state index >= 15 is 0 Å². The van der Waals surface area contributed by atoms with Crippen molar-refractivity contribution >= 4 is 17.3 Å². The number of aryl methyl sites for hydroxylation is 1. The number of nitrogen functional groups attached to an aromatic ring is 1. The van der Waals surface area contributed by atoms with Crippen LogP contribution in [0.25, 0.3) is 0 Å². The zero-order valence-corrected chi connectivity index (χ0v) is 11.5. The lowest BCUT2D eigenvalue weighted by Crippen LogP contribution is -2.23. The molecule has 0 saturated carbocycles. The Balaban J connectivity index is 2.11. The van der Waals surface area contributed by atoms with Crippen LogP contribution in [0.3, 0.4) is 0 Å². The second-order valence-electron chi connectivity index (χ2n) is 4.64. The Morgan fingerprint density at radius 3 is 2.67 bits per heavy atom. The molecular formula is C15H15N3O3. The van der Waals surface area contributed by atoms with Crippen molar-refractivity contribution in [1.29, 1.82) is 0 Å². The lowest BCUT2D eigenvalue weighted by atomic mass is 10.1. The highest BCUT2D eigenvalue weighted by Crippen LogP contribution is 2.17. The van der Waals surface area contributed by atoms with Gasteiger partial charge in [0.2, 0.25) is 0 Å². The maximum absolute atomic E-state index is 12.0. The minimum absolute atomic E-state index is 0.00807. The molecule has 0 unspecified atom stereocenters. The third-order valence-corrected chi connectivity index (χ3v) is 3.16. The predicted molar refractivity (Wildman–Crippen MR) is 79.9 cm³/mol. The van der Waals surface area contributed by atoms with Crippen LogP contribution in [-0.2, 0) is 6.54 Å². The van der Waals surface area contributed by atoms with Gasteiger partial charge in [0, 0.05) is 29.4 Å². The minimum atomic E-state index is -0.463. The highest BCUT2D eigenvalue weighted by Gasteiger charge is 2.13. The van der Waals surface area contributed by atoms with Crippen LogP contribution >= 0.6 is 0 Å². The number of nitrogens with two attached hydrogens (primary N) is 1. The summed E-state index contributed by atoms with van der Waals surface area (Å²) in [6, 6.07) is 11.3. The molecule has 0 aliphatic heterocycles. The number of carbonyl (C=O) groups is 1. The molecule has 0 atom stereocenters. The molecule has 0 aliphatic carbocycles. The van der Waals surface area contributed by atoms with E-state index in [4.69, 9.17) is 5.73 Å². The molecule has 0 radical (unpaired) electrons. The summed E-state index contributed by atoms with van der Waals surface area (Å²) < 4.78 is 0. The van der Waals surface area contributed by atoms with E-state index < -0.39 is 4.92 Å². The average molecular weight is 285 g/mol. The first-order valence-electron chi connectivity index (χ1n) is 6.35. The monoisotopic (exact) mass is 285 g/mol. The van der Waals surface area contributed by atoms with E-state index in [2.05, 4.69) is 5.32 Å². The van der Waals surface area contributed by atoms with Gasteiger partial charge in [-0.15, -0.1) is 0 Å². The second kappa shape index (κ2) is 6.04. The molecule has 2 aromatic carbocycles. The number of benzene rings is 2. The molecule has 6 nitrogen and oxygen atoms in total. The van der Waals surface area contributed by atoms with Crippen LogP contribution in [0.1, 0.15) is 21.5 Å². The number of amides is 1. The zero-order chi connectivity index (χ0) is 15.4. The molecule has 0 bridgehead atoms. The molecule has 0 saturated heterocycles. The van der Waals surface area contributed by atoms with Gasteiger partial charge in [0.05, 0.1) is 4.92 Å². The van der Waals surface area contributed by atoms with E-state index in [0.717, 1.165) is 5.56 Å². The molecule has 2 rings (SSSR count). The summed E-state index contributed by atoms with van der Waals surface area (Å²) >= 11 is 0. The van der Waals surface area contributed by atoms with Crippen LogP contribution in [0.5, 0.6) is 0 Å². The summed E-state index contributed by atoms with van der Waals surface area (Å²) in [5, 5.41) is 13.6. The minimum Gasteiger partial charge on any atom is -0.399 e. The fourth-order valence-corrected chi connectivity index (χ4v) is 1.93. The molecular weight excluding hydrogens is 270 g/mol. The number of anilines is 1. The second-order valence-corrected chi connectivity index (χ2v) is 4.64. The van der Waals surface area contributed by atoms with Crippen molar-refractivity contribution in [1.82, 2.24) is 5.32 Å². The molecule has 0 heterocycles. The van der Waals surface area contributed by atoms with E-state index in [0.29, 0.717) is 16.8 Å². The first-order chi connectivity index (χ1) is 9.99. The van der Waals surface area contributed by atoms with Gasteiger partial charge in [0.1, 0.15) is 0 Å². The van der Waals surface area contributed by atoms with Crippen molar-refractivity contribution in [2.45, 2.75) is 13.5 Å². The Morgan fingerprint density at radius 1 is 1.29 bits per heavy atom. The molecule has 21 heavy (non-hydrogen) atoms. The largest absolute Gasteiger partial charge is 0.399 e. The van der Waals surface area contributed by atoms with Crippen LogP contribution < -0.4 is 11.1 Å². The number of para-hydroxylation sites is 1. The first-order valence-corrected chi connectivity index (χ1v) is 6.35. The van der Waals surface area contributed by atoms with Gasteiger partial charge in [-0.25, -0.2) is 0 Å². The fraction of sp³-hybridized carbons (Fsp3) is 0.133. The number of nitro groups is 1. The van der Waals surface area contributed by atoms with Gasteiger partial charge in [-0.1, -0.05) is 18.2 Å². The Labute approximate surface area is 121 Å². The third-order valence-electron chi connectivity index (χ3n) is 3.16. The summed E-state index contributed by atoms with van der Waals surface area (Å²) in [4.78, 5) is 22.5. The van der Waals surface area contributed by atoms with Gasteiger partial charge < -0.3 is 11.1 Å². The fourth-order valence-electron chi connectivity index (χ4n) is 1.93. The van der Waals surface area contributed by atoms with Crippen molar-refractivity contribution in [2.24, 2.45) is 0 Å². The average Bonchev–Trinajstić information content (AvgIpc) is 2.47. The predicted octanol–water partition coefficient (Wildman–Crippen LogP) is 2.42. The van der Waals surface area contributed by atoms with Gasteiger partial charge in [-0.3, -0.25) is 14.9 Å². The van der Waals surface area contributed by atoms with Crippen LogP contribution in [0.4, 0.5) is 11.4 Å². The summed E-state index contributed by atoms with van der Waals surface area (Å²) in [5.74, 6) is -0.295. The van der Waals surface area contributed by atoms with Gasteiger partial charge in [0.25, 0.3) is 11.6 Å². The highest BCUT2D eigenvalue weighted by molar-refractivity contribution is 5.94. The van der Waals surface area contributed by atoms with Crippen molar-refractivity contribution < 1.29 is 9.72 Å². The number of hydrogen-bond acceptors (Lipinski definition) is 4. The Kier molecular flexibility index (Phi) is 4.18. The standard InChI is InChI=1S/C15H15N3O3/c1-10-8-11(6-7-13(10)16)15(19)17-9-12-4-2-3-5-14(12)18(20)21/h2-8H,9,16H2,1H3,(H,17,19). The zero-order valence-electron chi connectivity index (χ0n) is 11.5. The maximum atomic E-state index is 12.0. The van der Waals surface area contributed by atoms with E-state index in [9.17, 15) is 14.9 Å². The van der Waals surface area contributed by atoms with E-state index in [-0.39, 0.29) is 18.1 Å². The molecule has 6 heteroatoms. The molecule has 0 aromatic heterocycles. The molecule has 108 valence electrons.